The van der Waals surface area contributed by atoms with E-state index in [1.807, 2.05) is 6.07 Å². The van der Waals surface area contributed by atoms with Crippen LogP contribution in [0.1, 0.15) is 25.3 Å². The lowest BCUT2D eigenvalue weighted by atomic mass is 9.87. The molecule has 27 heavy (non-hydrogen) atoms. The van der Waals surface area contributed by atoms with E-state index in [-0.39, 0.29) is 11.5 Å². The monoisotopic (exact) mass is 393 g/mol. The fraction of sp³-hybridized carbons (Fsp3) is 0.500. The Bertz CT molecular complexity index is 870. The summed E-state index contributed by atoms with van der Waals surface area (Å²) in [5, 5.41) is 2.73. The molecule has 0 aliphatic carbocycles. The summed E-state index contributed by atoms with van der Waals surface area (Å²) in [5.41, 5.74) is -0.524. The Hall–Kier alpha value is -2.42. The number of sulfone groups is 1. The molecule has 0 saturated carbocycles. The minimum Gasteiger partial charge on any atom is -0.340 e. The average Bonchev–Trinajstić information content (AvgIpc) is 3.13. The van der Waals surface area contributed by atoms with Gasteiger partial charge in [-0.3, -0.25) is 14.5 Å². The van der Waals surface area contributed by atoms with E-state index in [1.165, 1.54) is 11.9 Å². The minimum absolute atomic E-state index is 0.0470. The standard InChI is InChI=1S/C18H23N3O5S/c1-3-18(13-7-5-4-6-8-13)16(23)21(17(24)19-18)11-15(22)20(2)14-9-10-27(25,26)12-14/h4-8,14H,3,9-12H2,1-2H3,(H,19,24)/t14-,18-/m0/s1. The number of amides is 4. The van der Waals surface area contributed by atoms with E-state index in [0.29, 0.717) is 18.4 Å². The first-order valence-electron chi connectivity index (χ1n) is 8.86. The van der Waals surface area contributed by atoms with Gasteiger partial charge in [-0.2, -0.15) is 0 Å². The van der Waals surface area contributed by atoms with E-state index in [2.05, 4.69) is 5.32 Å². The molecule has 0 unspecified atom stereocenters. The predicted octanol–water partition coefficient (Wildman–Crippen LogP) is 0.489. The lowest BCUT2D eigenvalue weighted by molar-refractivity contribution is -0.139. The van der Waals surface area contributed by atoms with Crippen LogP contribution in [0.5, 0.6) is 0 Å². The van der Waals surface area contributed by atoms with Crippen molar-refractivity contribution in [1.82, 2.24) is 15.1 Å². The van der Waals surface area contributed by atoms with Gasteiger partial charge in [-0.25, -0.2) is 13.2 Å². The molecule has 8 nitrogen and oxygen atoms in total. The summed E-state index contributed by atoms with van der Waals surface area (Å²) in [5.74, 6) is -0.966. The maximum atomic E-state index is 13.0. The largest absolute Gasteiger partial charge is 0.340 e. The smallest absolute Gasteiger partial charge is 0.325 e. The highest BCUT2D eigenvalue weighted by Crippen LogP contribution is 2.32. The third-order valence-electron chi connectivity index (χ3n) is 5.42. The molecule has 0 aromatic heterocycles. The first-order valence-corrected chi connectivity index (χ1v) is 10.7. The van der Waals surface area contributed by atoms with Crippen molar-refractivity contribution in [2.24, 2.45) is 0 Å². The van der Waals surface area contributed by atoms with Crippen LogP contribution in [0.25, 0.3) is 0 Å². The zero-order chi connectivity index (χ0) is 19.8. The number of rotatable bonds is 5. The Morgan fingerprint density at radius 3 is 2.52 bits per heavy atom. The van der Waals surface area contributed by atoms with E-state index in [1.54, 1.807) is 31.2 Å². The van der Waals surface area contributed by atoms with Crippen LogP contribution in [0.4, 0.5) is 4.79 Å². The normalized spacial score (nSPS) is 26.9. The van der Waals surface area contributed by atoms with Crippen LogP contribution in [-0.4, -0.2) is 67.2 Å². The van der Waals surface area contributed by atoms with Crippen LogP contribution in [-0.2, 0) is 25.0 Å². The summed E-state index contributed by atoms with van der Waals surface area (Å²) < 4.78 is 23.3. The van der Waals surface area contributed by atoms with Gasteiger partial charge in [0.05, 0.1) is 11.5 Å². The molecule has 3 rings (SSSR count). The zero-order valence-electron chi connectivity index (χ0n) is 15.3. The number of benzene rings is 1. The Balaban J connectivity index is 1.77. The lowest BCUT2D eigenvalue weighted by Gasteiger charge is -2.27. The van der Waals surface area contributed by atoms with Crippen molar-refractivity contribution < 1.29 is 22.8 Å². The molecule has 0 spiro atoms. The molecule has 1 aromatic rings. The SMILES string of the molecule is CC[C@@]1(c2ccccc2)NC(=O)N(CC(=O)N(C)[C@H]2CCS(=O)(=O)C2)C1=O. The highest BCUT2D eigenvalue weighted by atomic mass is 32.2. The topological polar surface area (TPSA) is 104 Å². The number of hydrogen-bond acceptors (Lipinski definition) is 5. The molecule has 2 saturated heterocycles. The number of carbonyl (C=O) groups is 3. The number of imide groups is 1. The van der Waals surface area contributed by atoms with Crippen molar-refractivity contribution in [2.45, 2.75) is 31.3 Å². The van der Waals surface area contributed by atoms with E-state index in [4.69, 9.17) is 0 Å². The molecule has 0 bridgehead atoms. The fourth-order valence-electron chi connectivity index (χ4n) is 3.66. The van der Waals surface area contributed by atoms with Gasteiger partial charge >= 0.3 is 6.03 Å². The summed E-state index contributed by atoms with van der Waals surface area (Å²) >= 11 is 0. The van der Waals surface area contributed by atoms with Crippen molar-refractivity contribution in [3.05, 3.63) is 35.9 Å². The fourth-order valence-corrected chi connectivity index (χ4v) is 5.44. The zero-order valence-corrected chi connectivity index (χ0v) is 16.2. The molecule has 2 fully saturated rings. The highest BCUT2D eigenvalue weighted by Gasteiger charge is 2.51. The second-order valence-electron chi connectivity index (χ2n) is 7.01. The second kappa shape index (κ2) is 6.95. The predicted molar refractivity (Wildman–Crippen MR) is 98.5 cm³/mol. The van der Waals surface area contributed by atoms with E-state index in [9.17, 15) is 22.8 Å². The molecule has 1 N–H and O–H groups in total. The van der Waals surface area contributed by atoms with Crippen LogP contribution in [0, 0.1) is 0 Å². The van der Waals surface area contributed by atoms with Gasteiger partial charge < -0.3 is 10.2 Å². The number of hydrogen-bond donors (Lipinski definition) is 1. The maximum Gasteiger partial charge on any atom is 0.325 e. The van der Waals surface area contributed by atoms with Crippen molar-refractivity contribution in [2.75, 3.05) is 25.1 Å². The summed E-state index contributed by atoms with van der Waals surface area (Å²) in [6, 6.07) is 7.88. The minimum atomic E-state index is -3.14. The van der Waals surface area contributed by atoms with Gasteiger partial charge in [-0.15, -0.1) is 0 Å². The first-order chi connectivity index (χ1) is 12.7. The summed E-state index contributed by atoms with van der Waals surface area (Å²) in [6.45, 7) is 1.39. The molecule has 9 heteroatoms. The molecule has 2 heterocycles. The molecular formula is C18H23N3O5S. The Kier molecular flexibility index (Phi) is 4.98. The lowest BCUT2D eigenvalue weighted by Crippen LogP contribution is -2.47. The number of carbonyl (C=O) groups excluding carboxylic acids is 3. The number of urea groups is 1. The van der Waals surface area contributed by atoms with Crippen molar-refractivity contribution in [1.29, 1.82) is 0 Å². The van der Waals surface area contributed by atoms with Crippen LogP contribution < -0.4 is 5.32 Å². The molecule has 4 amide bonds. The van der Waals surface area contributed by atoms with Gasteiger partial charge in [0, 0.05) is 13.1 Å². The molecule has 2 aliphatic heterocycles. The van der Waals surface area contributed by atoms with E-state index >= 15 is 0 Å². The first kappa shape index (κ1) is 19.3. The number of likely N-dealkylation sites (N-methyl/N-ethyl adjacent to an activating group) is 1. The van der Waals surface area contributed by atoms with Crippen LogP contribution in [0.2, 0.25) is 0 Å². The summed E-state index contributed by atoms with van der Waals surface area (Å²) in [7, 11) is -1.62. The summed E-state index contributed by atoms with van der Waals surface area (Å²) in [6.07, 6.45) is 0.719. The summed E-state index contributed by atoms with van der Waals surface area (Å²) in [4.78, 5) is 40.3. The molecule has 146 valence electrons. The van der Waals surface area contributed by atoms with Gasteiger partial charge in [0.1, 0.15) is 12.1 Å². The maximum absolute atomic E-state index is 13.0. The molecule has 1 aromatic carbocycles. The molecule has 2 atom stereocenters. The molecular weight excluding hydrogens is 370 g/mol. The molecule has 2 aliphatic rings. The Morgan fingerprint density at radius 2 is 1.96 bits per heavy atom. The number of nitrogens with one attached hydrogen (secondary N) is 1. The molecule has 0 radical (unpaired) electrons. The third kappa shape index (κ3) is 3.43. The number of nitrogens with zero attached hydrogens (tertiary/aromatic N) is 2. The van der Waals surface area contributed by atoms with E-state index < -0.39 is 45.8 Å². The van der Waals surface area contributed by atoms with Crippen molar-refractivity contribution in [3.8, 4) is 0 Å². The van der Waals surface area contributed by atoms with Crippen LogP contribution in [0.15, 0.2) is 30.3 Å². The van der Waals surface area contributed by atoms with E-state index in [0.717, 1.165) is 4.90 Å². The average molecular weight is 393 g/mol. The quantitative estimate of drug-likeness (QED) is 0.733. The van der Waals surface area contributed by atoms with Crippen LogP contribution in [0.3, 0.4) is 0 Å². The van der Waals surface area contributed by atoms with Gasteiger partial charge in [0.25, 0.3) is 5.91 Å². The second-order valence-corrected chi connectivity index (χ2v) is 9.24. The Labute approximate surface area is 158 Å². The van der Waals surface area contributed by atoms with Gasteiger partial charge in [0.15, 0.2) is 9.84 Å². The highest BCUT2D eigenvalue weighted by molar-refractivity contribution is 7.91. The Morgan fingerprint density at radius 1 is 1.30 bits per heavy atom. The van der Waals surface area contributed by atoms with Gasteiger partial charge in [0.2, 0.25) is 5.91 Å². The van der Waals surface area contributed by atoms with Crippen LogP contribution >= 0.6 is 0 Å². The van der Waals surface area contributed by atoms with Gasteiger partial charge in [-0.1, -0.05) is 37.3 Å². The van der Waals surface area contributed by atoms with Crippen molar-refractivity contribution >= 4 is 27.7 Å². The van der Waals surface area contributed by atoms with Crippen molar-refractivity contribution in [3.63, 3.8) is 0 Å². The van der Waals surface area contributed by atoms with Gasteiger partial charge in [-0.05, 0) is 18.4 Å². The third-order valence-corrected chi connectivity index (χ3v) is 7.17.